The second-order valence-corrected chi connectivity index (χ2v) is 10.1. The van der Waals surface area contributed by atoms with Crippen LogP contribution in [0.25, 0.3) is 11.0 Å². The molecule has 0 unspecified atom stereocenters. The number of carbonyl (C=O) groups is 2. The smallest absolute Gasteiger partial charge is 0.328 e. The minimum Gasteiger partial charge on any atom is -0.329 e. The molecule has 2 aliphatic carbocycles. The molecule has 2 aromatic heterocycles. The third kappa shape index (κ3) is 3.43. The predicted octanol–water partition coefficient (Wildman–Crippen LogP) is 3.84. The van der Waals surface area contributed by atoms with Gasteiger partial charge in [-0.15, -0.1) is 0 Å². The van der Waals surface area contributed by atoms with Crippen molar-refractivity contribution in [1.82, 2.24) is 20.2 Å². The van der Waals surface area contributed by atoms with Crippen LogP contribution in [0.2, 0.25) is 0 Å². The van der Waals surface area contributed by atoms with E-state index >= 15 is 0 Å². The summed E-state index contributed by atoms with van der Waals surface area (Å²) in [7, 11) is 0. The molecule has 4 fully saturated rings. The maximum Gasteiger partial charge on any atom is 0.328 e. The van der Waals surface area contributed by atoms with Crippen LogP contribution in [0.3, 0.4) is 0 Å². The van der Waals surface area contributed by atoms with Crippen molar-refractivity contribution < 1.29 is 9.59 Å². The van der Waals surface area contributed by atoms with E-state index in [1.807, 2.05) is 6.20 Å². The SMILES string of the molecule is O=C1CCN(c2cnc3c(c2)c(C2CC2)cn3C2CCC3(CCNCC3)CC2)C(=O)N1. The summed E-state index contributed by atoms with van der Waals surface area (Å²) in [5, 5.41) is 7.13. The lowest BCUT2D eigenvalue weighted by Crippen LogP contribution is -2.49. The van der Waals surface area contributed by atoms with E-state index in [1.54, 1.807) is 4.90 Å². The highest BCUT2D eigenvalue weighted by Gasteiger charge is 2.38. The monoisotopic (exact) mass is 421 g/mol. The third-order valence-corrected chi connectivity index (χ3v) is 8.14. The van der Waals surface area contributed by atoms with E-state index in [-0.39, 0.29) is 11.9 Å². The molecule has 31 heavy (non-hydrogen) atoms. The number of aromatic nitrogens is 2. The highest BCUT2D eigenvalue weighted by molar-refractivity contribution is 6.06. The number of nitrogens with one attached hydrogen (secondary N) is 2. The van der Waals surface area contributed by atoms with Crippen molar-refractivity contribution in [2.45, 2.75) is 69.7 Å². The molecule has 3 amide bonds. The number of hydrogen-bond donors (Lipinski definition) is 2. The first-order valence-corrected chi connectivity index (χ1v) is 11.9. The summed E-state index contributed by atoms with van der Waals surface area (Å²) in [4.78, 5) is 30.4. The largest absolute Gasteiger partial charge is 0.329 e. The summed E-state index contributed by atoms with van der Waals surface area (Å²) in [5.74, 6) is 0.417. The summed E-state index contributed by atoms with van der Waals surface area (Å²) in [5.41, 5.74) is 3.80. The zero-order chi connectivity index (χ0) is 21.0. The minimum atomic E-state index is -0.343. The molecule has 1 spiro atoms. The number of hydrogen-bond acceptors (Lipinski definition) is 4. The zero-order valence-corrected chi connectivity index (χ0v) is 18.0. The van der Waals surface area contributed by atoms with E-state index < -0.39 is 0 Å². The molecule has 0 radical (unpaired) electrons. The van der Waals surface area contributed by atoms with Crippen molar-refractivity contribution in [2.75, 3.05) is 24.5 Å². The first-order chi connectivity index (χ1) is 15.1. The molecule has 4 aliphatic rings. The lowest BCUT2D eigenvalue weighted by molar-refractivity contribution is -0.120. The van der Waals surface area contributed by atoms with Gasteiger partial charge in [-0.2, -0.15) is 0 Å². The number of nitrogens with zero attached hydrogens (tertiary/aromatic N) is 3. The van der Waals surface area contributed by atoms with E-state index in [2.05, 4.69) is 27.5 Å². The Hall–Kier alpha value is -2.41. The number of piperidine rings is 1. The quantitative estimate of drug-likeness (QED) is 0.789. The van der Waals surface area contributed by atoms with Gasteiger partial charge in [-0.25, -0.2) is 9.78 Å². The molecule has 0 aromatic carbocycles. The van der Waals surface area contributed by atoms with Crippen molar-refractivity contribution in [1.29, 1.82) is 0 Å². The highest BCUT2D eigenvalue weighted by atomic mass is 16.2. The molecule has 7 nitrogen and oxygen atoms in total. The van der Waals surface area contributed by atoms with Crippen LogP contribution in [0.15, 0.2) is 18.5 Å². The van der Waals surface area contributed by atoms with Crippen molar-refractivity contribution in [3.63, 3.8) is 0 Å². The predicted molar refractivity (Wildman–Crippen MR) is 119 cm³/mol. The van der Waals surface area contributed by atoms with E-state index in [1.165, 1.54) is 75.4 Å². The first-order valence-electron chi connectivity index (χ1n) is 11.9. The molecule has 0 atom stereocenters. The molecule has 4 heterocycles. The number of imide groups is 1. The third-order valence-electron chi connectivity index (χ3n) is 8.14. The summed E-state index contributed by atoms with van der Waals surface area (Å²) in [6.45, 7) is 2.75. The maximum absolute atomic E-state index is 12.3. The van der Waals surface area contributed by atoms with Crippen LogP contribution in [0.5, 0.6) is 0 Å². The summed E-state index contributed by atoms with van der Waals surface area (Å²) >= 11 is 0. The van der Waals surface area contributed by atoms with Gasteiger partial charge in [-0.1, -0.05) is 0 Å². The van der Waals surface area contributed by atoms with Gasteiger partial charge in [0.15, 0.2) is 0 Å². The van der Waals surface area contributed by atoms with Gasteiger partial charge in [0, 0.05) is 30.6 Å². The normalized spacial score (nSPS) is 24.7. The Morgan fingerprint density at radius 2 is 1.81 bits per heavy atom. The molecule has 2 aliphatic heterocycles. The molecule has 2 aromatic rings. The van der Waals surface area contributed by atoms with Crippen LogP contribution in [0, 0.1) is 5.41 Å². The van der Waals surface area contributed by atoms with Crippen molar-refractivity contribution >= 4 is 28.7 Å². The minimum absolute atomic E-state index is 0.205. The van der Waals surface area contributed by atoms with Gasteiger partial charge >= 0.3 is 6.03 Å². The Morgan fingerprint density at radius 1 is 1.03 bits per heavy atom. The van der Waals surface area contributed by atoms with Crippen LogP contribution in [-0.2, 0) is 4.79 Å². The number of anilines is 1. The van der Waals surface area contributed by atoms with E-state index in [9.17, 15) is 9.59 Å². The fourth-order valence-electron chi connectivity index (χ4n) is 6.05. The van der Waals surface area contributed by atoms with Crippen LogP contribution in [0.1, 0.15) is 75.3 Å². The van der Waals surface area contributed by atoms with Crippen molar-refractivity contribution in [3.8, 4) is 0 Å². The van der Waals surface area contributed by atoms with Crippen LogP contribution < -0.4 is 15.5 Å². The van der Waals surface area contributed by atoms with Crippen molar-refractivity contribution in [2.24, 2.45) is 5.41 Å². The number of pyridine rings is 1. The van der Waals surface area contributed by atoms with E-state index in [0.717, 1.165) is 11.3 Å². The Labute approximate surface area is 182 Å². The lowest BCUT2D eigenvalue weighted by Gasteiger charge is -2.43. The van der Waals surface area contributed by atoms with E-state index in [4.69, 9.17) is 4.98 Å². The van der Waals surface area contributed by atoms with Gasteiger partial charge in [0.1, 0.15) is 5.65 Å². The average molecular weight is 422 g/mol. The van der Waals surface area contributed by atoms with E-state index in [0.29, 0.717) is 30.3 Å². The Kier molecular flexibility index (Phi) is 4.56. The highest BCUT2D eigenvalue weighted by Crippen LogP contribution is 2.49. The number of carbonyl (C=O) groups excluding carboxylic acids is 2. The first kappa shape index (κ1) is 19.3. The fourth-order valence-corrected chi connectivity index (χ4v) is 6.05. The van der Waals surface area contributed by atoms with Crippen molar-refractivity contribution in [3.05, 3.63) is 24.0 Å². The number of urea groups is 1. The number of fused-ring (bicyclic) bond motifs is 1. The molecule has 7 heteroatoms. The van der Waals surface area contributed by atoms with Crippen LogP contribution in [-0.4, -0.2) is 41.1 Å². The molecule has 0 bridgehead atoms. The summed E-state index contributed by atoms with van der Waals surface area (Å²) in [6.07, 6.45) is 14.7. The second kappa shape index (κ2) is 7.33. The van der Waals surface area contributed by atoms with Crippen LogP contribution >= 0.6 is 0 Å². The maximum atomic E-state index is 12.3. The Bertz CT molecular complexity index is 1020. The standard InChI is InChI=1S/C24H31N5O2/c30-21-5-12-28(23(31)27-21)18-13-19-20(16-1-2-16)15-29(22(19)26-14-18)17-3-6-24(7-4-17)8-10-25-11-9-24/h13-17,25H,1-12H2,(H,27,30,31). The Morgan fingerprint density at radius 3 is 2.52 bits per heavy atom. The molecule has 2 saturated heterocycles. The van der Waals surface area contributed by atoms with Gasteiger partial charge < -0.3 is 9.88 Å². The molecular weight excluding hydrogens is 390 g/mol. The molecule has 2 N–H and O–H groups in total. The Balaban J connectivity index is 1.30. The van der Waals surface area contributed by atoms with Gasteiger partial charge in [0.25, 0.3) is 0 Å². The summed E-state index contributed by atoms with van der Waals surface area (Å²) in [6, 6.07) is 2.30. The van der Waals surface area contributed by atoms with Crippen LogP contribution in [0.4, 0.5) is 10.5 Å². The van der Waals surface area contributed by atoms with Gasteiger partial charge in [0.05, 0.1) is 11.9 Å². The summed E-state index contributed by atoms with van der Waals surface area (Å²) < 4.78 is 2.44. The lowest BCUT2D eigenvalue weighted by atomic mass is 9.67. The molecule has 6 rings (SSSR count). The fraction of sp³-hybridized carbons (Fsp3) is 0.625. The number of amides is 3. The average Bonchev–Trinajstić information content (AvgIpc) is 3.56. The second-order valence-electron chi connectivity index (χ2n) is 10.1. The number of rotatable bonds is 3. The molecule has 164 valence electrons. The van der Waals surface area contributed by atoms with Gasteiger partial charge in [-0.05, 0) is 87.4 Å². The molecule has 2 saturated carbocycles. The zero-order valence-electron chi connectivity index (χ0n) is 18.0. The van der Waals surface area contributed by atoms with Gasteiger partial charge in [-0.3, -0.25) is 15.0 Å². The molecular formula is C24H31N5O2. The van der Waals surface area contributed by atoms with Gasteiger partial charge in [0.2, 0.25) is 5.91 Å². The topological polar surface area (TPSA) is 79.3 Å².